The predicted octanol–water partition coefficient (Wildman–Crippen LogP) is 1.61. The monoisotopic (exact) mass is 265 g/mol. The zero-order valence-electron chi connectivity index (χ0n) is 11.1. The Balaban J connectivity index is 1.95. The lowest BCUT2D eigenvalue weighted by atomic mass is 9.97. The zero-order valence-corrected chi connectivity index (χ0v) is 11.1. The molecule has 1 aromatic heterocycles. The van der Waals surface area contributed by atoms with Crippen molar-refractivity contribution in [3.63, 3.8) is 0 Å². The highest BCUT2D eigenvalue weighted by Crippen LogP contribution is 2.21. The van der Waals surface area contributed by atoms with E-state index in [0.29, 0.717) is 11.5 Å². The molecule has 1 aromatic rings. The molecule has 19 heavy (non-hydrogen) atoms. The predicted molar refractivity (Wildman–Crippen MR) is 64.5 cm³/mol. The summed E-state index contributed by atoms with van der Waals surface area (Å²) >= 11 is 0. The summed E-state index contributed by atoms with van der Waals surface area (Å²) in [7, 11) is 0. The van der Waals surface area contributed by atoms with Gasteiger partial charge in [0.2, 0.25) is 0 Å². The normalized spacial score (nSPS) is 15.1. The molecule has 1 aliphatic heterocycles. The maximum Gasteiger partial charge on any atom is 0.360 e. The molecular weight excluding hydrogens is 250 g/mol. The molecule has 0 aliphatic carbocycles. The second-order valence-electron chi connectivity index (χ2n) is 5.27. The van der Waals surface area contributed by atoms with Crippen LogP contribution in [0.1, 0.15) is 37.2 Å². The Morgan fingerprint density at radius 3 is 2.74 bits per heavy atom. The standard InChI is InChI=1S/C13H15NO5/c1-13(2,3)12-14-9(7-19-12)11(16)18-6-8-4-10(15)17-5-8/h4,7H,5-6H2,1-3H3. The van der Waals surface area contributed by atoms with E-state index >= 15 is 0 Å². The maximum atomic E-state index is 11.7. The number of rotatable bonds is 3. The number of cyclic esters (lactones) is 1. The third-order valence-corrected chi connectivity index (χ3v) is 2.47. The summed E-state index contributed by atoms with van der Waals surface area (Å²) < 4.78 is 15.0. The van der Waals surface area contributed by atoms with Gasteiger partial charge >= 0.3 is 11.9 Å². The molecular formula is C13H15NO5. The number of hydrogen-bond donors (Lipinski definition) is 0. The number of carbonyl (C=O) groups is 2. The van der Waals surface area contributed by atoms with E-state index in [1.54, 1.807) is 0 Å². The Bertz CT molecular complexity index is 535. The fourth-order valence-electron chi connectivity index (χ4n) is 1.44. The minimum absolute atomic E-state index is 0.0162. The summed E-state index contributed by atoms with van der Waals surface area (Å²) in [6, 6.07) is 0. The fraction of sp³-hybridized carbons (Fsp3) is 0.462. The Hall–Kier alpha value is -2.11. The molecule has 0 atom stereocenters. The van der Waals surface area contributed by atoms with Gasteiger partial charge in [0.1, 0.15) is 19.5 Å². The molecule has 0 saturated carbocycles. The van der Waals surface area contributed by atoms with Crippen LogP contribution in [0.25, 0.3) is 0 Å². The van der Waals surface area contributed by atoms with Gasteiger partial charge in [-0.1, -0.05) is 20.8 Å². The molecule has 2 rings (SSSR count). The van der Waals surface area contributed by atoms with Crippen LogP contribution in [0, 0.1) is 0 Å². The summed E-state index contributed by atoms with van der Waals surface area (Å²) in [6.07, 6.45) is 2.59. The number of ether oxygens (including phenoxy) is 2. The first-order valence-electron chi connectivity index (χ1n) is 5.85. The third kappa shape index (κ3) is 3.21. The van der Waals surface area contributed by atoms with Crippen molar-refractivity contribution in [2.45, 2.75) is 26.2 Å². The van der Waals surface area contributed by atoms with E-state index in [-0.39, 0.29) is 24.3 Å². The van der Waals surface area contributed by atoms with E-state index in [0.717, 1.165) is 0 Å². The summed E-state index contributed by atoms with van der Waals surface area (Å²) in [5.74, 6) is -0.528. The number of carbonyl (C=O) groups excluding carboxylic acids is 2. The van der Waals surface area contributed by atoms with Crippen molar-refractivity contribution in [2.75, 3.05) is 13.2 Å². The number of esters is 2. The first kappa shape index (κ1) is 13.3. The largest absolute Gasteiger partial charge is 0.458 e. The molecule has 0 bridgehead atoms. The molecule has 0 aromatic carbocycles. The van der Waals surface area contributed by atoms with E-state index in [1.807, 2.05) is 20.8 Å². The Labute approximate surface area is 110 Å². The first-order valence-corrected chi connectivity index (χ1v) is 5.85. The zero-order chi connectivity index (χ0) is 14.0. The molecule has 0 spiro atoms. The molecule has 0 fully saturated rings. The van der Waals surface area contributed by atoms with Gasteiger partial charge in [-0.15, -0.1) is 0 Å². The van der Waals surface area contributed by atoms with Crippen molar-refractivity contribution in [2.24, 2.45) is 0 Å². The highest BCUT2D eigenvalue weighted by molar-refractivity contribution is 5.87. The van der Waals surface area contributed by atoms with Crippen LogP contribution in [0.2, 0.25) is 0 Å². The van der Waals surface area contributed by atoms with Crippen molar-refractivity contribution < 1.29 is 23.5 Å². The van der Waals surface area contributed by atoms with Crippen LogP contribution in [0.5, 0.6) is 0 Å². The van der Waals surface area contributed by atoms with Gasteiger partial charge in [-0.25, -0.2) is 14.6 Å². The first-order chi connectivity index (χ1) is 8.86. The average molecular weight is 265 g/mol. The van der Waals surface area contributed by atoms with E-state index in [2.05, 4.69) is 4.98 Å². The fourth-order valence-corrected chi connectivity index (χ4v) is 1.44. The van der Waals surface area contributed by atoms with Gasteiger partial charge in [0, 0.05) is 17.1 Å². The minimum atomic E-state index is -0.584. The molecule has 0 N–H and O–H groups in total. The van der Waals surface area contributed by atoms with E-state index in [1.165, 1.54) is 12.3 Å². The Kier molecular flexibility index (Phi) is 3.42. The van der Waals surface area contributed by atoms with Gasteiger partial charge in [0.05, 0.1) is 0 Å². The second-order valence-corrected chi connectivity index (χ2v) is 5.27. The van der Waals surface area contributed by atoms with Gasteiger partial charge in [0.25, 0.3) is 0 Å². The van der Waals surface area contributed by atoms with Crippen LogP contribution in [0.4, 0.5) is 0 Å². The van der Waals surface area contributed by atoms with Crippen molar-refractivity contribution in [3.05, 3.63) is 29.5 Å². The van der Waals surface area contributed by atoms with Crippen LogP contribution >= 0.6 is 0 Å². The maximum absolute atomic E-state index is 11.7. The molecule has 0 radical (unpaired) electrons. The minimum Gasteiger partial charge on any atom is -0.458 e. The quantitative estimate of drug-likeness (QED) is 0.772. The number of oxazole rings is 1. The van der Waals surface area contributed by atoms with Crippen LogP contribution in [-0.4, -0.2) is 30.1 Å². The number of nitrogens with zero attached hydrogens (tertiary/aromatic N) is 1. The van der Waals surface area contributed by atoms with Gasteiger partial charge in [0.15, 0.2) is 11.6 Å². The van der Waals surface area contributed by atoms with Crippen LogP contribution in [0.15, 0.2) is 22.3 Å². The lowest BCUT2D eigenvalue weighted by molar-refractivity contribution is -0.134. The highest BCUT2D eigenvalue weighted by Gasteiger charge is 2.23. The number of hydrogen-bond acceptors (Lipinski definition) is 6. The Morgan fingerprint density at radius 1 is 1.47 bits per heavy atom. The molecule has 6 heteroatoms. The molecule has 6 nitrogen and oxygen atoms in total. The summed E-state index contributed by atoms with van der Waals surface area (Å²) in [5.41, 5.74) is 0.473. The molecule has 0 saturated heterocycles. The molecule has 0 amide bonds. The number of aromatic nitrogens is 1. The van der Waals surface area contributed by atoms with Gasteiger partial charge < -0.3 is 13.9 Å². The van der Waals surface area contributed by atoms with Crippen molar-refractivity contribution in [1.29, 1.82) is 0 Å². The second kappa shape index (κ2) is 4.87. The molecule has 102 valence electrons. The van der Waals surface area contributed by atoms with Gasteiger partial charge in [-0.05, 0) is 0 Å². The molecule has 0 unspecified atom stereocenters. The van der Waals surface area contributed by atoms with Crippen molar-refractivity contribution >= 4 is 11.9 Å². The van der Waals surface area contributed by atoms with Crippen molar-refractivity contribution in [3.8, 4) is 0 Å². The van der Waals surface area contributed by atoms with E-state index < -0.39 is 11.9 Å². The molecule has 2 heterocycles. The summed E-state index contributed by atoms with van der Waals surface area (Å²) in [5, 5.41) is 0. The lowest BCUT2D eigenvalue weighted by Gasteiger charge is -2.11. The van der Waals surface area contributed by atoms with Crippen LogP contribution < -0.4 is 0 Å². The van der Waals surface area contributed by atoms with E-state index in [4.69, 9.17) is 13.9 Å². The highest BCUT2D eigenvalue weighted by atomic mass is 16.6. The van der Waals surface area contributed by atoms with E-state index in [9.17, 15) is 9.59 Å². The summed E-state index contributed by atoms with van der Waals surface area (Å²) in [6.45, 7) is 5.97. The topological polar surface area (TPSA) is 78.6 Å². The summed E-state index contributed by atoms with van der Waals surface area (Å²) in [4.78, 5) is 26.6. The van der Waals surface area contributed by atoms with Gasteiger partial charge in [-0.2, -0.15) is 0 Å². The van der Waals surface area contributed by atoms with Gasteiger partial charge in [-0.3, -0.25) is 0 Å². The third-order valence-electron chi connectivity index (χ3n) is 2.47. The van der Waals surface area contributed by atoms with Crippen LogP contribution in [-0.2, 0) is 19.7 Å². The smallest absolute Gasteiger partial charge is 0.360 e. The Morgan fingerprint density at radius 2 is 2.21 bits per heavy atom. The molecule has 1 aliphatic rings. The lowest BCUT2D eigenvalue weighted by Crippen LogP contribution is -2.13. The SMILES string of the molecule is CC(C)(C)c1nc(C(=O)OCC2=CC(=O)OC2)co1. The average Bonchev–Trinajstić information content (AvgIpc) is 2.93. The van der Waals surface area contributed by atoms with Crippen molar-refractivity contribution in [1.82, 2.24) is 4.98 Å². The van der Waals surface area contributed by atoms with Crippen LogP contribution in [0.3, 0.4) is 0 Å².